The number of rotatable bonds is 4. The van der Waals surface area contributed by atoms with E-state index < -0.39 is 9.84 Å². The fourth-order valence-electron chi connectivity index (χ4n) is 3.89. The molecule has 0 spiro atoms. The van der Waals surface area contributed by atoms with Gasteiger partial charge in [0.2, 0.25) is 0 Å². The number of hydrogen-bond acceptors (Lipinski definition) is 4. The minimum Gasteiger partial charge on any atom is -0.319 e. The molecular weight excluding hydrogens is 260 g/mol. The fourth-order valence-corrected chi connectivity index (χ4v) is 5.16. The van der Waals surface area contributed by atoms with Crippen molar-refractivity contribution in [2.45, 2.75) is 32.6 Å². The predicted molar refractivity (Wildman–Crippen MR) is 79.1 cm³/mol. The first-order valence-electron chi connectivity index (χ1n) is 7.52. The van der Waals surface area contributed by atoms with Crippen LogP contribution in [-0.4, -0.2) is 58.1 Å². The van der Waals surface area contributed by atoms with Crippen LogP contribution in [0, 0.1) is 11.3 Å². The first-order valence-corrected chi connectivity index (χ1v) is 9.34. The number of sulfone groups is 1. The van der Waals surface area contributed by atoms with Crippen molar-refractivity contribution in [3.8, 4) is 0 Å². The normalized spacial score (nSPS) is 36.2. The van der Waals surface area contributed by atoms with Crippen LogP contribution in [0.25, 0.3) is 0 Å². The zero-order valence-electron chi connectivity index (χ0n) is 12.3. The van der Waals surface area contributed by atoms with Crippen LogP contribution in [0.15, 0.2) is 0 Å². The Bertz CT molecular complexity index is 378. The highest BCUT2D eigenvalue weighted by Gasteiger charge is 2.37. The molecule has 1 aliphatic carbocycles. The summed E-state index contributed by atoms with van der Waals surface area (Å²) in [4.78, 5) is 2.37. The Morgan fingerprint density at radius 1 is 1.32 bits per heavy atom. The van der Waals surface area contributed by atoms with Crippen molar-refractivity contribution in [2.24, 2.45) is 11.3 Å². The highest BCUT2D eigenvalue weighted by Crippen LogP contribution is 2.39. The van der Waals surface area contributed by atoms with Gasteiger partial charge in [-0.05, 0) is 31.2 Å². The predicted octanol–water partition coefficient (Wildman–Crippen LogP) is 1.13. The van der Waals surface area contributed by atoms with Gasteiger partial charge in [0.25, 0.3) is 0 Å². The summed E-state index contributed by atoms with van der Waals surface area (Å²) in [6.45, 7) is 5.92. The molecule has 2 aliphatic rings. The Kier molecular flexibility index (Phi) is 4.90. The molecular formula is C14H28N2O2S. The lowest BCUT2D eigenvalue weighted by Crippen LogP contribution is -2.50. The molecule has 2 atom stereocenters. The largest absolute Gasteiger partial charge is 0.319 e. The standard InChI is InChI=1S/C14H28N2O2S/c1-13-4-3-5-14(10-13,11-15-2)12-16-6-8-19(17,18)9-7-16/h13,15H,3-12H2,1-2H3. The van der Waals surface area contributed by atoms with E-state index in [2.05, 4.69) is 17.1 Å². The van der Waals surface area contributed by atoms with E-state index in [1.54, 1.807) is 0 Å². The third kappa shape index (κ3) is 4.17. The molecule has 1 heterocycles. The van der Waals surface area contributed by atoms with Crippen molar-refractivity contribution in [1.82, 2.24) is 10.2 Å². The van der Waals surface area contributed by atoms with E-state index in [0.29, 0.717) is 16.9 Å². The van der Waals surface area contributed by atoms with E-state index in [4.69, 9.17) is 0 Å². The Morgan fingerprint density at radius 3 is 2.58 bits per heavy atom. The second-order valence-electron chi connectivity index (χ2n) is 6.66. The lowest BCUT2D eigenvalue weighted by Gasteiger charge is -2.44. The van der Waals surface area contributed by atoms with E-state index >= 15 is 0 Å². The van der Waals surface area contributed by atoms with Crippen molar-refractivity contribution in [2.75, 3.05) is 44.7 Å². The second kappa shape index (κ2) is 6.10. The zero-order chi connectivity index (χ0) is 13.9. The first-order chi connectivity index (χ1) is 8.95. The summed E-state index contributed by atoms with van der Waals surface area (Å²) < 4.78 is 23.0. The van der Waals surface area contributed by atoms with Gasteiger partial charge in [-0.25, -0.2) is 8.42 Å². The van der Waals surface area contributed by atoms with Gasteiger partial charge >= 0.3 is 0 Å². The highest BCUT2D eigenvalue weighted by atomic mass is 32.2. The van der Waals surface area contributed by atoms with Crippen LogP contribution in [0.2, 0.25) is 0 Å². The molecule has 0 aromatic heterocycles. The third-order valence-corrected chi connectivity index (χ3v) is 6.34. The van der Waals surface area contributed by atoms with Gasteiger partial charge in [0.15, 0.2) is 9.84 Å². The summed E-state index contributed by atoms with van der Waals surface area (Å²) in [6, 6.07) is 0. The fraction of sp³-hybridized carbons (Fsp3) is 1.00. The molecule has 1 saturated carbocycles. The Hall–Kier alpha value is -0.130. The molecule has 2 unspecified atom stereocenters. The molecule has 2 rings (SSSR count). The summed E-state index contributed by atoms with van der Waals surface area (Å²) in [5.74, 6) is 1.49. The van der Waals surface area contributed by atoms with Crippen molar-refractivity contribution in [1.29, 1.82) is 0 Å². The monoisotopic (exact) mass is 288 g/mol. The number of nitrogens with zero attached hydrogens (tertiary/aromatic N) is 1. The van der Waals surface area contributed by atoms with Crippen LogP contribution in [0.5, 0.6) is 0 Å². The van der Waals surface area contributed by atoms with Gasteiger partial charge in [0.05, 0.1) is 11.5 Å². The third-order valence-electron chi connectivity index (χ3n) is 4.73. The maximum atomic E-state index is 11.5. The smallest absolute Gasteiger partial charge is 0.152 e. The Morgan fingerprint density at radius 2 is 2.00 bits per heavy atom. The van der Waals surface area contributed by atoms with Gasteiger partial charge in [-0.1, -0.05) is 19.8 Å². The summed E-state index contributed by atoms with van der Waals surface area (Å²) in [6.07, 6.45) is 5.22. The van der Waals surface area contributed by atoms with Gasteiger partial charge in [0.1, 0.15) is 0 Å². The summed E-state index contributed by atoms with van der Waals surface area (Å²) in [5.41, 5.74) is 0.355. The minimum atomic E-state index is -2.76. The van der Waals surface area contributed by atoms with Crippen LogP contribution >= 0.6 is 0 Å². The van der Waals surface area contributed by atoms with Gasteiger partial charge in [-0.15, -0.1) is 0 Å². The van der Waals surface area contributed by atoms with Crippen molar-refractivity contribution in [3.63, 3.8) is 0 Å². The average Bonchev–Trinajstić information content (AvgIpc) is 2.32. The average molecular weight is 288 g/mol. The van der Waals surface area contributed by atoms with Crippen LogP contribution in [0.1, 0.15) is 32.6 Å². The Labute approximate surface area is 117 Å². The molecule has 0 radical (unpaired) electrons. The molecule has 5 heteroatoms. The molecule has 2 fully saturated rings. The molecule has 0 aromatic rings. The van der Waals surface area contributed by atoms with Crippen molar-refractivity contribution in [3.05, 3.63) is 0 Å². The van der Waals surface area contributed by atoms with Crippen LogP contribution in [0.3, 0.4) is 0 Å². The maximum absolute atomic E-state index is 11.5. The zero-order valence-corrected chi connectivity index (χ0v) is 13.1. The minimum absolute atomic E-state index is 0.345. The van der Waals surface area contributed by atoms with E-state index in [1.807, 2.05) is 7.05 Å². The molecule has 112 valence electrons. The molecule has 1 saturated heterocycles. The molecule has 19 heavy (non-hydrogen) atoms. The molecule has 0 aromatic carbocycles. The van der Waals surface area contributed by atoms with Crippen molar-refractivity contribution >= 4 is 9.84 Å². The molecule has 0 amide bonds. The van der Waals surface area contributed by atoms with E-state index in [0.717, 1.165) is 32.1 Å². The quantitative estimate of drug-likeness (QED) is 0.842. The topological polar surface area (TPSA) is 49.4 Å². The van der Waals surface area contributed by atoms with E-state index in [1.165, 1.54) is 25.7 Å². The molecule has 4 nitrogen and oxygen atoms in total. The lowest BCUT2D eigenvalue weighted by molar-refractivity contribution is 0.0859. The highest BCUT2D eigenvalue weighted by molar-refractivity contribution is 7.91. The van der Waals surface area contributed by atoms with Gasteiger partial charge < -0.3 is 10.2 Å². The molecule has 0 bridgehead atoms. The second-order valence-corrected chi connectivity index (χ2v) is 8.96. The SMILES string of the molecule is CNCC1(CN2CCS(=O)(=O)CC2)CCCC(C)C1. The number of nitrogens with one attached hydrogen (secondary N) is 1. The van der Waals surface area contributed by atoms with Gasteiger partial charge in [0, 0.05) is 26.2 Å². The summed E-state index contributed by atoms with van der Waals surface area (Å²) in [7, 11) is -0.727. The maximum Gasteiger partial charge on any atom is 0.152 e. The van der Waals surface area contributed by atoms with E-state index in [-0.39, 0.29) is 0 Å². The summed E-state index contributed by atoms with van der Waals surface area (Å²) >= 11 is 0. The van der Waals surface area contributed by atoms with E-state index in [9.17, 15) is 8.42 Å². The Balaban J connectivity index is 1.97. The lowest BCUT2D eigenvalue weighted by atomic mass is 9.69. The first kappa shape index (κ1) is 15.3. The molecule has 1 aliphatic heterocycles. The van der Waals surface area contributed by atoms with Crippen LogP contribution < -0.4 is 5.32 Å². The van der Waals surface area contributed by atoms with Crippen LogP contribution in [-0.2, 0) is 9.84 Å². The van der Waals surface area contributed by atoms with Crippen molar-refractivity contribution < 1.29 is 8.42 Å². The van der Waals surface area contributed by atoms with Gasteiger partial charge in [-0.3, -0.25) is 0 Å². The number of hydrogen-bond donors (Lipinski definition) is 1. The summed E-state index contributed by atoms with van der Waals surface area (Å²) in [5, 5.41) is 3.36. The van der Waals surface area contributed by atoms with Crippen LogP contribution in [0.4, 0.5) is 0 Å². The van der Waals surface area contributed by atoms with Gasteiger partial charge in [-0.2, -0.15) is 0 Å². The molecule has 1 N–H and O–H groups in total.